The Kier molecular flexibility index (Phi) is 5.73. The van der Waals surface area contributed by atoms with Crippen LogP contribution in [-0.2, 0) is 19.7 Å². The molecule has 0 atom stereocenters. The Hall–Kier alpha value is -1.08. The van der Waals surface area contributed by atoms with E-state index < -0.39 is 19.7 Å². The first-order valence-electron chi connectivity index (χ1n) is 7.98. The van der Waals surface area contributed by atoms with Crippen molar-refractivity contribution >= 4 is 25.4 Å². The fraction of sp³-hybridized carbons (Fsp3) is 0.625. The summed E-state index contributed by atoms with van der Waals surface area (Å²) in [7, 11) is -6.95. The first kappa shape index (κ1) is 18.3. The van der Waals surface area contributed by atoms with Gasteiger partial charge in [-0.1, -0.05) is 32.1 Å². The average Bonchev–Trinajstić information content (AvgIpc) is 2.39. The first-order valence-corrected chi connectivity index (χ1v) is 11.8. The maximum Gasteiger partial charge on any atom is 0.177 e. The van der Waals surface area contributed by atoms with Gasteiger partial charge in [-0.15, -0.1) is 0 Å². The third-order valence-corrected chi connectivity index (χ3v) is 6.49. The molecule has 0 amide bonds. The molecule has 5 nitrogen and oxygen atoms in total. The zero-order valence-electron chi connectivity index (χ0n) is 13.7. The van der Waals surface area contributed by atoms with Gasteiger partial charge in [0, 0.05) is 18.6 Å². The van der Waals surface area contributed by atoms with Crippen molar-refractivity contribution in [1.82, 2.24) is 0 Å². The van der Waals surface area contributed by atoms with Gasteiger partial charge in [0.05, 0.1) is 15.5 Å². The zero-order chi connectivity index (χ0) is 17.1. The summed E-state index contributed by atoms with van der Waals surface area (Å²) in [5, 5.41) is 3.33. The number of hydrogen-bond donors (Lipinski definition) is 1. The maximum absolute atomic E-state index is 12.1. The number of anilines is 1. The summed E-state index contributed by atoms with van der Waals surface area (Å²) >= 11 is 0. The van der Waals surface area contributed by atoms with Gasteiger partial charge < -0.3 is 5.32 Å². The number of sulfone groups is 2. The molecule has 0 spiro atoms. The minimum atomic E-state index is -3.51. The van der Waals surface area contributed by atoms with E-state index in [0.29, 0.717) is 5.69 Å². The highest BCUT2D eigenvalue weighted by atomic mass is 32.2. The lowest BCUT2D eigenvalue weighted by molar-refractivity contribution is 0.471. The molecule has 1 aromatic rings. The SMILES string of the molecule is CS(=O)(=O)c1ccc(NC2CCCCCCC2)c(S(C)(=O)=O)c1. The van der Waals surface area contributed by atoms with Crippen LogP contribution in [0.2, 0.25) is 0 Å². The summed E-state index contributed by atoms with van der Waals surface area (Å²) in [6.07, 6.45) is 10.2. The quantitative estimate of drug-likeness (QED) is 0.894. The van der Waals surface area contributed by atoms with Gasteiger partial charge in [-0.3, -0.25) is 0 Å². The molecule has 0 aromatic heterocycles. The smallest absolute Gasteiger partial charge is 0.177 e. The van der Waals surface area contributed by atoms with Crippen molar-refractivity contribution in [2.24, 2.45) is 0 Å². The van der Waals surface area contributed by atoms with Crippen LogP contribution in [0.5, 0.6) is 0 Å². The molecule has 1 aromatic carbocycles. The van der Waals surface area contributed by atoms with Crippen LogP contribution in [0.3, 0.4) is 0 Å². The van der Waals surface area contributed by atoms with Crippen molar-refractivity contribution in [2.45, 2.75) is 60.8 Å². The number of rotatable bonds is 4. The first-order chi connectivity index (χ1) is 10.7. The normalized spacial score (nSPS) is 18.2. The molecule has 1 N–H and O–H groups in total. The Balaban J connectivity index is 2.33. The summed E-state index contributed by atoms with van der Waals surface area (Å²) in [6.45, 7) is 0. The fourth-order valence-electron chi connectivity index (χ4n) is 2.98. The van der Waals surface area contributed by atoms with Crippen LogP contribution in [-0.4, -0.2) is 35.4 Å². The van der Waals surface area contributed by atoms with Gasteiger partial charge in [-0.2, -0.15) is 0 Å². The summed E-state index contributed by atoms with van der Waals surface area (Å²) in [6, 6.07) is 4.54. The highest BCUT2D eigenvalue weighted by Gasteiger charge is 2.20. The summed E-state index contributed by atoms with van der Waals surface area (Å²) < 4.78 is 47.5. The van der Waals surface area contributed by atoms with E-state index in [9.17, 15) is 16.8 Å². The van der Waals surface area contributed by atoms with Crippen molar-refractivity contribution in [3.8, 4) is 0 Å². The predicted octanol–water partition coefficient (Wildman–Crippen LogP) is 3.02. The summed E-state index contributed by atoms with van der Waals surface area (Å²) in [4.78, 5) is 0.0867. The standard InChI is InChI=1S/C16H25NO4S2/c1-22(18,19)14-10-11-15(16(12-14)23(2,20)21)17-13-8-6-4-3-5-7-9-13/h10-13,17H,3-9H2,1-2H3. The van der Waals surface area contributed by atoms with Crippen molar-refractivity contribution < 1.29 is 16.8 Å². The Morgan fingerprint density at radius 3 is 1.96 bits per heavy atom. The molecule has 1 aliphatic rings. The Morgan fingerprint density at radius 1 is 0.870 bits per heavy atom. The van der Waals surface area contributed by atoms with Crippen molar-refractivity contribution in [3.05, 3.63) is 18.2 Å². The summed E-state index contributed by atoms with van der Waals surface area (Å²) in [5.41, 5.74) is 0.505. The fourth-order valence-corrected chi connectivity index (χ4v) is 4.57. The van der Waals surface area contributed by atoms with E-state index >= 15 is 0 Å². The molecular formula is C16H25NO4S2. The number of nitrogens with one attached hydrogen (secondary N) is 1. The van der Waals surface area contributed by atoms with E-state index in [1.165, 1.54) is 31.4 Å². The molecule has 1 saturated carbocycles. The molecule has 0 unspecified atom stereocenters. The molecular weight excluding hydrogens is 334 g/mol. The van der Waals surface area contributed by atoms with E-state index in [1.54, 1.807) is 6.07 Å². The minimum absolute atomic E-state index is 0.0288. The molecule has 0 saturated heterocycles. The van der Waals surface area contributed by atoms with Gasteiger partial charge in [-0.05, 0) is 31.0 Å². The van der Waals surface area contributed by atoms with E-state index in [2.05, 4.69) is 5.32 Å². The highest BCUT2D eigenvalue weighted by molar-refractivity contribution is 7.91. The number of hydrogen-bond acceptors (Lipinski definition) is 5. The van der Waals surface area contributed by atoms with Gasteiger partial charge in [0.1, 0.15) is 0 Å². The van der Waals surface area contributed by atoms with E-state index in [0.717, 1.165) is 38.2 Å². The lowest BCUT2D eigenvalue weighted by Crippen LogP contribution is -2.22. The second kappa shape index (κ2) is 7.21. The van der Waals surface area contributed by atoms with Crippen LogP contribution in [0.25, 0.3) is 0 Å². The predicted molar refractivity (Wildman–Crippen MR) is 92.4 cm³/mol. The Labute approximate surface area is 139 Å². The third kappa shape index (κ3) is 5.21. The van der Waals surface area contributed by atoms with Crippen LogP contribution >= 0.6 is 0 Å². The van der Waals surface area contributed by atoms with Crippen LogP contribution in [0.15, 0.2) is 28.0 Å². The lowest BCUT2D eigenvalue weighted by atomic mass is 9.96. The van der Waals surface area contributed by atoms with Crippen LogP contribution in [0, 0.1) is 0 Å². The molecule has 1 aliphatic carbocycles. The molecule has 23 heavy (non-hydrogen) atoms. The van der Waals surface area contributed by atoms with Gasteiger partial charge >= 0.3 is 0 Å². The monoisotopic (exact) mass is 359 g/mol. The maximum atomic E-state index is 12.1. The molecule has 0 radical (unpaired) electrons. The summed E-state index contributed by atoms with van der Waals surface area (Å²) in [5.74, 6) is 0. The molecule has 0 aliphatic heterocycles. The molecule has 7 heteroatoms. The van der Waals surface area contributed by atoms with E-state index in [-0.39, 0.29) is 15.8 Å². The second-order valence-electron chi connectivity index (χ2n) is 6.39. The average molecular weight is 360 g/mol. The Bertz CT molecular complexity index is 746. The minimum Gasteiger partial charge on any atom is -0.381 e. The highest BCUT2D eigenvalue weighted by Crippen LogP contribution is 2.28. The molecule has 0 heterocycles. The Morgan fingerprint density at radius 2 is 1.43 bits per heavy atom. The molecule has 2 rings (SSSR count). The molecule has 0 bridgehead atoms. The van der Waals surface area contributed by atoms with Gasteiger partial charge in [0.15, 0.2) is 19.7 Å². The number of benzene rings is 1. The van der Waals surface area contributed by atoms with Gasteiger partial charge in [-0.25, -0.2) is 16.8 Å². The second-order valence-corrected chi connectivity index (χ2v) is 10.4. The molecule has 130 valence electrons. The largest absolute Gasteiger partial charge is 0.381 e. The lowest BCUT2D eigenvalue weighted by Gasteiger charge is -2.23. The van der Waals surface area contributed by atoms with Gasteiger partial charge in [0.2, 0.25) is 0 Å². The molecule has 1 fully saturated rings. The van der Waals surface area contributed by atoms with Crippen molar-refractivity contribution in [2.75, 3.05) is 17.8 Å². The van der Waals surface area contributed by atoms with E-state index in [1.807, 2.05) is 0 Å². The zero-order valence-corrected chi connectivity index (χ0v) is 15.3. The van der Waals surface area contributed by atoms with Crippen LogP contribution in [0.4, 0.5) is 5.69 Å². The van der Waals surface area contributed by atoms with Crippen molar-refractivity contribution in [3.63, 3.8) is 0 Å². The van der Waals surface area contributed by atoms with Crippen LogP contribution in [0.1, 0.15) is 44.9 Å². The topological polar surface area (TPSA) is 80.3 Å². The van der Waals surface area contributed by atoms with E-state index in [4.69, 9.17) is 0 Å². The van der Waals surface area contributed by atoms with Crippen molar-refractivity contribution in [1.29, 1.82) is 0 Å². The third-order valence-electron chi connectivity index (χ3n) is 4.25. The van der Waals surface area contributed by atoms with Gasteiger partial charge in [0.25, 0.3) is 0 Å². The van der Waals surface area contributed by atoms with Crippen LogP contribution < -0.4 is 5.32 Å².